The number of amides is 2. The van der Waals surface area contributed by atoms with Gasteiger partial charge in [-0.3, -0.25) is 9.59 Å². The van der Waals surface area contributed by atoms with Gasteiger partial charge in [0.05, 0.1) is 5.92 Å². The molecule has 1 aliphatic heterocycles. The number of anilines is 2. The second kappa shape index (κ2) is 7.23. The van der Waals surface area contributed by atoms with Crippen molar-refractivity contribution in [1.82, 2.24) is 0 Å². The first-order valence-corrected chi connectivity index (χ1v) is 9.51. The molecule has 1 heterocycles. The summed E-state index contributed by atoms with van der Waals surface area (Å²) >= 11 is 3.50. The number of nitrogens with one attached hydrogen (secondary N) is 1. The number of rotatable bonds is 3. The van der Waals surface area contributed by atoms with Crippen LogP contribution in [0.15, 0.2) is 34.8 Å². The van der Waals surface area contributed by atoms with Crippen LogP contribution < -0.4 is 10.2 Å². The summed E-state index contributed by atoms with van der Waals surface area (Å²) in [6.45, 7) is 8.39. The van der Waals surface area contributed by atoms with E-state index < -0.39 is 0 Å². The van der Waals surface area contributed by atoms with Crippen LogP contribution in [0.1, 0.15) is 28.7 Å². The van der Waals surface area contributed by atoms with Crippen molar-refractivity contribution in [3.63, 3.8) is 0 Å². The molecule has 0 aromatic heterocycles. The van der Waals surface area contributed by atoms with Gasteiger partial charge in [0.1, 0.15) is 0 Å². The number of nitrogens with zero attached hydrogens (tertiary/aromatic N) is 1. The van der Waals surface area contributed by atoms with E-state index in [0.717, 1.165) is 38.1 Å². The van der Waals surface area contributed by atoms with Crippen molar-refractivity contribution >= 4 is 39.1 Å². The fraction of sp³-hybridized carbons (Fsp3) is 0.333. The van der Waals surface area contributed by atoms with Crippen molar-refractivity contribution in [3.8, 4) is 0 Å². The minimum Gasteiger partial charge on any atom is -0.326 e. The van der Waals surface area contributed by atoms with Gasteiger partial charge in [-0.25, -0.2) is 0 Å². The van der Waals surface area contributed by atoms with Crippen molar-refractivity contribution in [1.29, 1.82) is 0 Å². The highest BCUT2D eigenvalue weighted by atomic mass is 79.9. The molecule has 2 amide bonds. The molecule has 3 rings (SSSR count). The topological polar surface area (TPSA) is 49.4 Å². The fourth-order valence-electron chi connectivity index (χ4n) is 3.37. The predicted molar refractivity (Wildman–Crippen MR) is 109 cm³/mol. The molecule has 0 unspecified atom stereocenters. The monoisotopic (exact) mass is 414 g/mol. The number of halogens is 1. The number of carbonyl (C=O) groups is 2. The Morgan fingerprint density at radius 1 is 1.08 bits per heavy atom. The molecule has 2 aromatic carbocycles. The maximum absolute atomic E-state index is 12.7. The van der Waals surface area contributed by atoms with Gasteiger partial charge in [-0.1, -0.05) is 33.6 Å². The highest BCUT2D eigenvalue weighted by Gasteiger charge is 2.35. The highest BCUT2D eigenvalue weighted by Crippen LogP contribution is 2.30. The molecular formula is C21H23BrN2O2. The number of hydrogen-bond donors (Lipinski definition) is 1. The number of benzene rings is 2. The van der Waals surface area contributed by atoms with Gasteiger partial charge < -0.3 is 10.2 Å². The molecule has 1 N–H and O–H groups in total. The fourth-order valence-corrected chi connectivity index (χ4v) is 3.83. The largest absolute Gasteiger partial charge is 0.326 e. The van der Waals surface area contributed by atoms with Gasteiger partial charge >= 0.3 is 0 Å². The first-order chi connectivity index (χ1) is 12.3. The molecule has 1 aliphatic rings. The lowest BCUT2D eigenvalue weighted by Gasteiger charge is -2.19. The van der Waals surface area contributed by atoms with Crippen LogP contribution in [-0.4, -0.2) is 18.4 Å². The van der Waals surface area contributed by atoms with Crippen LogP contribution >= 0.6 is 15.9 Å². The Bertz CT molecular complexity index is 892. The van der Waals surface area contributed by atoms with Crippen molar-refractivity contribution in [2.24, 2.45) is 5.92 Å². The summed E-state index contributed by atoms with van der Waals surface area (Å²) in [5.41, 5.74) is 5.96. The van der Waals surface area contributed by atoms with Gasteiger partial charge in [0.2, 0.25) is 11.8 Å². The molecule has 0 spiro atoms. The lowest BCUT2D eigenvalue weighted by atomic mass is 10.1. The molecule has 1 saturated heterocycles. The van der Waals surface area contributed by atoms with E-state index >= 15 is 0 Å². The van der Waals surface area contributed by atoms with E-state index in [-0.39, 0.29) is 24.2 Å². The van der Waals surface area contributed by atoms with Crippen molar-refractivity contribution < 1.29 is 9.59 Å². The zero-order valence-corrected chi connectivity index (χ0v) is 17.1. The summed E-state index contributed by atoms with van der Waals surface area (Å²) < 4.78 is 1.02. The van der Waals surface area contributed by atoms with Gasteiger partial charge in [-0.2, -0.15) is 0 Å². The molecule has 26 heavy (non-hydrogen) atoms. The zero-order chi connectivity index (χ0) is 19.0. The molecule has 1 atom stereocenters. The Balaban J connectivity index is 1.76. The molecule has 0 saturated carbocycles. The third-order valence-corrected chi connectivity index (χ3v) is 5.76. The Hall–Kier alpha value is -2.14. The van der Waals surface area contributed by atoms with Gasteiger partial charge in [0, 0.05) is 28.8 Å². The predicted octanol–water partition coefficient (Wildman–Crippen LogP) is 4.67. The zero-order valence-electron chi connectivity index (χ0n) is 15.5. The molecular weight excluding hydrogens is 392 g/mol. The van der Waals surface area contributed by atoms with E-state index in [1.165, 1.54) is 0 Å². The standard InChI is InChI=1S/C21H23BrN2O2/c1-12-5-6-19(15(4)7-12)24-11-16(10-20(24)25)21(26)23-18-9-13(2)17(22)8-14(18)3/h5-9,16H,10-11H2,1-4H3,(H,23,26)/t16-/m0/s1. The van der Waals surface area contributed by atoms with E-state index in [2.05, 4.69) is 27.3 Å². The Morgan fingerprint density at radius 2 is 1.81 bits per heavy atom. The van der Waals surface area contributed by atoms with E-state index in [1.54, 1.807) is 4.90 Å². The molecule has 4 nitrogen and oxygen atoms in total. The lowest BCUT2D eigenvalue weighted by Crippen LogP contribution is -2.28. The molecule has 136 valence electrons. The second-order valence-corrected chi connectivity index (χ2v) is 7.96. The molecule has 5 heteroatoms. The molecule has 0 bridgehead atoms. The number of hydrogen-bond acceptors (Lipinski definition) is 2. The van der Waals surface area contributed by atoms with Crippen LogP contribution in [0.2, 0.25) is 0 Å². The van der Waals surface area contributed by atoms with Gasteiger partial charge in [0.15, 0.2) is 0 Å². The summed E-state index contributed by atoms with van der Waals surface area (Å²) in [4.78, 5) is 26.9. The van der Waals surface area contributed by atoms with Crippen molar-refractivity contribution in [3.05, 3.63) is 57.1 Å². The Kier molecular flexibility index (Phi) is 5.19. The minimum atomic E-state index is -0.341. The first kappa shape index (κ1) is 18.6. The first-order valence-electron chi connectivity index (χ1n) is 8.71. The van der Waals surface area contributed by atoms with E-state index in [0.29, 0.717) is 6.54 Å². The maximum Gasteiger partial charge on any atom is 0.229 e. The molecule has 0 radical (unpaired) electrons. The van der Waals surface area contributed by atoms with Crippen LogP contribution in [0, 0.1) is 33.6 Å². The van der Waals surface area contributed by atoms with Gasteiger partial charge in [0.25, 0.3) is 0 Å². The SMILES string of the molecule is Cc1ccc(N2C[C@@H](C(=O)Nc3cc(C)c(Br)cc3C)CC2=O)c(C)c1. The van der Waals surface area contributed by atoms with Gasteiger partial charge in [-0.15, -0.1) is 0 Å². The van der Waals surface area contributed by atoms with Crippen LogP contribution in [-0.2, 0) is 9.59 Å². The second-order valence-electron chi connectivity index (χ2n) is 7.10. The highest BCUT2D eigenvalue weighted by molar-refractivity contribution is 9.10. The molecule has 1 fully saturated rings. The third kappa shape index (κ3) is 3.68. The van der Waals surface area contributed by atoms with Crippen LogP contribution in [0.5, 0.6) is 0 Å². The molecule has 2 aromatic rings. The van der Waals surface area contributed by atoms with Gasteiger partial charge in [-0.05, 0) is 62.6 Å². The lowest BCUT2D eigenvalue weighted by molar-refractivity contribution is -0.122. The Morgan fingerprint density at radius 3 is 2.50 bits per heavy atom. The Labute approximate surface area is 162 Å². The summed E-state index contributed by atoms with van der Waals surface area (Å²) in [6.07, 6.45) is 0.244. The minimum absolute atomic E-state index is 0.000752. The average molecular weight is 415 g/mol. The van der Waals surface area contributed by atoms with Crippen LogP contribution in [0.25, 0.3) is 0 Å². The quantitative estimate of drug-likeness (QED) is 0.792. The van der Waals surface area contributed by atoms with Crippen molar-refractivity contribution in [2.45, 2.75) is 34.1 Å². The summed E-state index contributed by atoms with van der Waals surface area (Å²) in [5, 5.41) is 3.00. The number of carbonyl (C=O) groups excluding carboxylic acids is 2. The van der Waals surface area contributed by atoms with E-state index in [9.17, 15) is 9.59 Å². The van der Waals surface area contributed by atoms with Crippen LogP contribution in [0.3, 0.4) is 0 Å². The summed E-state index contributed by atoms with van der Waals surface area (Å²) in [5.74, 6) is -0.442. The summed E-state index contributed by atoms with van der Waals surface area (Å²) in [7, 11) is 0. The van der Waals surface area contributed by atoms with E-state index in [4.69, 9.17) is 0 Å². The average Bonchev–Trinajstić information content (AvgIpc) is 2.94. The maximum atomic E-state index is 12.7. The third-order valence-electron chi connectivity index (χ3n) is 4.90. The molecule has 0 aliphatic carbocycles. The summed E-state index contributed by atoms with van der Waals surface area (Å²) in [6, 6.07) is 9.97. The number of aryl methyl sites for hydroxylation is 4. The van der Waals surface area contributed by atoms with Crippen LogP contribution in [0.4, 0.5) is 11.4 Å². The van der Waals surface area contributed by atoms with Crippen molar-refractivity contribution in [2.75, 3.05) is 16.8 Å². The van der Waals surface area contributed by atoms with E-state index in [1.807, 2.05) is 52.0 Å². The smallest absolute Gasteiger partial charge is 0.229 e. The normalized spacial score (nSPS) is 16.9.